The predicted octanol–water partition coefficient (Wildman–Crippen LogP) is 4.32. The Labute approximate surface area is 153 Å². The molecule has 1 aromatic carbocycles. The van der Waals surface area contributed by atoms with Crippen LogP contribution in [0.4, 0.5) is 0 Å². The van der Waals surface area contributed by atoms with E-state index in [9.17, 15) is 4.79 Å². The van der Waals surface area contributed by atoms with Crippen LogP contribution in [0.25, 0.3) is 0 Å². The van der Waals surface area contributed by atoms with Gasteiger partial charge in [0.1, 0.15) is 17.1 Å². The topological polar surface area (TPSA) is 44.8 Å². The number of hydrogen-bond donors (Lipinski definition) is 0. The smallest absolute Gasteiger partial charge is 0.189 e. The first kappa shape index (κ1) is 18.0. The van der Waals surface area contributed by atoms with Gasteiger partial charge < -0.3 is 14.2 Å². The summed E-state index contributed by atoms with van der Waals surface area (Å²) in [6, 6.07) is 5.80. The molecule has 0 aromatic heterocycles. The third-order valence-electron chi connectivity index (χ3n) is 5.18. The van der Waals surface area contributed by atoms with Crippen LogP contribution in [-0.2, 0) is 20.7 Å². The minimum Gasteiger partial charge on any atom is -0.495 e. The van der Waals surface area contributed by atoms with Gasteiger partial charge in [-0.3, -0.25) is 4.79 Å². The molecule has 3 atom stereocenters. The van der Waals surface area contributed by atoms with Crippen molar-refractivity contribution in [1.29, 1.82) is 0 Å². The lowest BCUT2D eigenvalue weighted by atomic mass is 9.71. The van der Waals surface area contributed by atoms with Crippen molar-refractivity contribution < 1.29 is 19.0 Å². The highest BCUT2D eigenvalue weighted by molar-refractivity contribution is 6.32. The number of rotatable bonds is 6. The van der Waals surface area contributed by atoms with Gasteiger partial charge in [-0.05, 0) is 42.9 Å². The molecule has 0 saturated carbocycles. The molecule has 1 heterocycles. The van der Waals surface area contributed by atoms with Gasteiger partial charge in [0.05, 0.1) is 12.1 Å². The van der Waals surface area contributed by atoms with Gasteiger partial charge in [0.25, 0.3) is 0 Å². The summed E-state index contributed by atoms with van der Waals surface area (Å²) < 4.78 is 16.9. The molecule has 1 aliphatic carbocycles. The van der Waals surface area contributed by atoms with Crippen molar-refractivity contribution >= 4 is 17.4 Å². The average Bonchev–Trinajstić information content (AvgIpc) is 2.99. The van der Waals surface area contributed by atoms with Crippen molar-refractivity contribution in [3.8, 4) is 5.75 Å². The van der Waals surface area contributed by atoms with Gasteiger partial charge in [0.2, 0.25) is 0 Å². The molecule has 0 spiro atoms. The summed E-state index contributed by atoms with van der Waals surface area (Å²) in [5, 5.41) is 0.590. The van der Waals surface area contributed by atoms with E-state index in [4.69, 9.17) is 25.8 Å². The Morgan fingerprint density at radius 3 is 3.00 bits per heavy atom. The van der Waals surface area contributed by atoms with Crippen LogP contribution in [0, 0.1) is 11.8 Å². The molecule has 5 heteroatoms. The van der Waals surface area contributed by atoms with E-state index >= 15 is 0 Å². The van der Waals surface area contributed by atoms with Crippen molar-refractivity contribution in [2.75, 3.05) is 13.9 Å². The highest BCUT2D eigenvalue weighted by atomic mass is 35.5. The maximum atomic E-state index is 12.3. The van der Waals surface area contributed by atoms with Crippen molar-refractivity contribution in [3.05, 3.63) is 53.3 Å². The number of fused-ring (bicyclic) bond motifs is 1. The first-order valence-electron chi connectivity index (χ1n) is 8.46. The molecule has 1 fully saturated rings. The summed E-state index contributed by atoms with van der Waals surface area (Å²) in [7, 11) is 1.60. The predicted molar refractivity (Wildman–Crippen MR) is 96.7 cm³/mol. The van der Waals surface area contributed by atoms with Gasteiger partial charge in [0, 0.05) is 12.0 Å². The van der Waals surface area contributed by atoms with Crippen molar-refractivity contribution in [1.82, 2.24) is 0 Å². The lowest BCUT2D eigenvalue weighted by Gasteiger charge is -2.38. The summed E-state index contributed by atoms with van der Waals surface area (Å²) in [6.07, 6.45) is 5.43. The summed E-state index contributed by atoms with van der Waals surface area (Å²) in [4.78, 5) is 12.3. The largest absolute Gasteiger partial charge is 0.495 e. The summed E-state index contributed by atoms with van der Waals surface area (Å²) >= 11 is 6.24. The highest BCUT2D eigenvalue weighted by Gasteiger charge is 2.51. The number of carbonyl (C=O) groups is 1. The number of allylic oxidation sites excluding steroid dienone is 2. The molecule has 0 amide bonds. The summed E-state index contributed by atoms with van der Waals surface area (Å²) in [6.45, 7) is 6.08. The number of ketones is 1. The van der Waals surface area contributed by atoms with Gasteiger partial charge in [-0.25, -0.2) is 0 Å². The molecule has 25 heavy (non-hydrogen) atoms. The molecule has 1 aliphatic heterocycles. The highest BCUT2D eigenvalue weighted by Crippen LogP contribution is 2.46. The zero-order valence-corrected chi connectivity index (χ0v) is 15.3. The zero-order valence-electron chi connectivity index (χ0n) is 14.6. The Hall–Kier alpha value is -1.78. The number of ether oxygens (including phenoxy) is 3. The Bertz CT molecular complexity index is 712. The lowest BCUT2D eigenvalue weighted by Crippen LogP contribution is -2.44. The Morgan fingerprint density at radius 1 is 1.52 bits per heavy atom. The van der Waals surface area contributed by atoms with E-state index in [0.717, 1.165) is 12.0 Å². The van der Waals surface area contributed by atoms with Crippen LogP contribution < -0.4 is 4.74 Å². The van der Waals surface area contributed by atoms with Crippen molar-refractivity contribution in [3.63, 3.8) is 0 Å². The molecule has 0 radical (unpaired) electrons. The van der Waals surface area contributed by atoms with Crippen LogP contribution in [0.3, 0.4) is 0 Å². The minimum atomic E-state index is -0.562. The molecule has 3 rings (SSSR count). The Balaban J connectivity index is 1.85. The molecule has 4 nitrogen and oxygen atoms in total. The number of halogens is 1. The summed E-state index contributed by atoms with van der Waals surface area (Å²) in [5.74, 6) is 1.43. The third kappa shape index (κ3) is 3.33. The third-order valence-corrected chi connectivity index (χ3v) is 5.47. The fourth-order valence-electron chi connectivity index (χ4n) is 3.77. The van der Waals surface area contributed by atoms with Crippen LogP contribution in [0.5, 0.6) is 5.75 Å². The molecule has 0 bridgehead atoms. The van der Waals surface area contributed by atoms with Crippen LogP contribution in [0.2, 0.25) is 5.02 Å². The zero-order chi connectivity index (χ0) is 18.0. The maximum absolute atomic E-state index is 12.3. The van der Waals surface area contributed by atoms with E-state index in [1.807, 2.05) is 18.2 Å². The lowest BCUT2D eigenvalue weighted by molar-refractivity contribution is -0.123. The second kappa shape index (κ2) is 7.22. The van der Waals surface area contributed by atoms with E-state index in [1.54, 1.807) is 19.3 Å². The number of methoxy groups -OCH3 is 1. The molecular weight excluding hydrogens is 340 g/mol. The first-order valence-corrected chi connectivity index (χ1v) is 8.84. The van der Waals surface area contributed by atoms with Gasteiger partial charge in [-0.15, -0.1) is 6.58 Å². The van der Waals surface area contributed by atoms with Gasteiger partial charge in [0.15, 0.2) is 12.6 Å². The van der Waals surface area contributed by atoms with Gasteiger partial charge >= 0.3 is 0 Å². The fourth-order valence-corrected chi connectivity index (χ4v) is 4.05. The standard InChI is InChI=1S/C20H23ClO4/c1-4-5-15-11-20(19(10-17(15)22)24-12-25-20)13(2)8-14-6-7-18(23-3)16(21)9-14/h4,6-7,9-10,13,15H,1,5,8,11-12H2,2-3H3/t13-,15+,20-/m1/s1. The van der Waals surface area contributed by atoms with E-state index < -0.39 is 5.60 Å². The first-order chi connectivity index (χ1) is 12.0. The number of benzene rings is 1. The van der Waals surface area contributed by atoms with Crippen LogP contribution in [0.1, 0.15) is 25.3 Å². The summed E-state index contributed by atoms with van der Waals surface area (Å²) in [5.41, 5.74) is 0.535. The Morgan fingerprint density at radius 2 is 2.32 bits per heavy atom. The van der Waals surface area contributed by atoms with Gasteiger partial charge in [-0.1, -0.05) is 30.7 Å². The molecule has 1 saturated heterocycles. The van der Waals surface area contributed by atoms with Crippen LogP contribution >= 0.6 is 11.6 Å². The molecular formula is C20H23ClO4. The van der Waals surface area contributed by atoms with Gasteiger partial charge in [-0.2, -0.15) is 0 Å². The second-order valence-electron chi connectivity index (χ2n) is 6.71. The monoisotopic (exact) mass is 362 g/mol. The van der Waals surface area contributed by atoms with Crippen LogP contribution in [0.15, 0.2) is 42.7 Å². The van der Waals surface area contributed by atoms with E-state index in [0.29, 0.717) is 29.4 Å². The van der Waals surface area contributed by atoms with E-state index in [2.05, 4.69) is 13.5 Å². The van der Waals surface area contributed by atoms with E-state index in [1.165, 1.54) is 0 Å². The van der Waals surface area contributed by atoms with E-state index in [-0.39, 0.29) is 24.4 Å². The van der Waals surface area contributed by atoms with Crippen molar-refractivity contribution in [2.24, 2.45) is 11.8 Å². The normalized spacial score (nSPS) is 26.4. The molecule has 1 aromatic rings. The fraction of sp³-hybridized carbons (Fsp3) is 0.450. The molecule has 0 unspecified atom stereocenters. The SMILES string of the molecule is C=CC[C@H]1C[C@]2([C@H](C)Cc3ccc(OC)c(Cl)c3)OCOC2=CC1=O. The molecule has 2 aliphatic rings. The number of hydrogen-bond acceptors (Lipinski definition) is 4. The average molecular weight is 363 g/mol. The molecule has 0 N–H and O–H groups in total. The molecule has 134 valence electrons. The second-order valence-corrected chi connectivity index (χ2v) is 7.11. The maximum Gasteiger partial charge on any atom is 0.189 e. The Kier molecular flexibility index (Phi) is 5.21. The minimum absolute atomic E-state index is 0.0933. The quantitative estimate of drug-likeness (QED) is 0.707. The number of carbonyl (C=O) groups excluding carboxylic acids is 1. The van der Waals surface area contributed by atoms with Crippen molar-refractivity contribution in [2.45, 2.75) is 31.8 Å². The van der Waals surface area contributed by atoms with Crippen LogP contribution in [-0.4, -0.2) is 25.3 Å².